The maximum atomic E-state index is 14.1. The van der Waals surface area contributed by atoms with Gasteiger partial charge in [0.15, 0.2) is 0 Å². The minimum atomic E-state index is -1.05. The molecule has 0 fully saturated rings. The highest BCUT2D eigenvalue weighted by Crippen LogP contribution is 2.30. The number of aryl methyl sites for hydroxylation is 1. The first kappa shape index (κ1) is 12.0. The lowest BCUT2D eigenvalue weighted by Crippen LogP contribution is -2.28. The van der Waals surface area contributed by atoms with Gasteiger partial charge >= 0.3 is 7.12 Å². The van der Waals surface area contributed by atoms with Crippen molar-refractivity contribution in [2.24, 2.45) is 0 Å². The number of rotatable bonds is 1. The molecule has 1 aliphatic heterocycles. The van der Waals surface area contributed by atoms with Crippen molar-refractivity contribution in [2.45, 2.75) is 13.5 Å². The van der Waals surface area contributed by atoms with Gasteiger partial charge in [0.25, 0.3) is 0 Å². The van der Waals surface area contributed by atoms with Crippen molar-refractivity contribution in [2.75, 3.05) is 0 Å². The molecular weight excluding hydrogens is 248 g/mol. The van der Waals surface area contributed by atoms with E-state index in [2.05, 4.69) is 0 Å². The van der Waals surface area contributed by atoms with E-state index in [0.29, 0.717) is 22.3 Å². The second-order valence-electron chi connectivity index (χ2n) is 4.41. The Morgan fingerprint density at radius 3 is 2.89 bits per heavy atom. The summed E-state index contributed by atoms with van der Waals surface area (Å²) >= 11 is 0. The molecule has 1 aliphatic rings. The van der Waals surface area contributed by atoms with Crippen LogP contribution in [-0.2, 0) is 11.3 Å². The van der Waals surface area contributed by atoms with Crippen molar-refractivity contribution in [3.63, 3.8) is 0 Å². The topological polar surface area (TPSA) is 66.4 Å². The van der Waals surface area contributed by atoms with E-state index in [-0.39, 0.29) is 17.9 Å². The van der Waals surface area contributed by atoms with Crippen LogP contribution in [-0.4, -0.2) is 12.1 Å². The first-order valence-corrected chi connectivity index (χ1v) is 5.73. The minimum absolute atomic E-state index is 0.0600. The number of hydrogen-bond donors (Lipinski definition) is 1. The summed E-state index contributed by atoms with van der Waals surface area (Å²) in [4.78, 5) is 0. The van der Waals surface area contributed by atoms with E-state index < -0.39 is 12.9 Å². The Hall–Kier alpha value is -2.10. The van der Waals surface area contributed by atoms with Gasteiger partial charge in [-0.05, 0) is 30.1 Å². The Bertz CT molecular complexity index is 705. The van der Waals surface area contributed by atoms with Crippen LogP contribution in [0.25, 0.3) is 11.1 Å². The van der Waals surface area contributed by atoms with Gasteiger partial charge in [0.2, 0.25) is 5.76 Å². The number of nitriles is 1. The summed E-state index contributed by atoms with van der Waals surface area (Å²) in [7, 11) is -1.05. The molecule has 0 spiro atoms. The van der Waals surface area contributed by atoms with Gasteiger partial charge in [-0.2, -0.15) is 5.26 Å². The fourth-order valence-corrected chi connectivity index (χ4v) is 2.25. The summed E-state index contributed by atoms with van der Waals surface area (Å²) in [6.07, 6.45) is 0. The van der Waals surface area contributed by atoms with E-state index in [0.717, 1.165) is 0 Å². The van der Waals surface area contributed by atoms with Gasteiger partial charge in [0.05, 0.1) is 6.61 Å². The molecule has 4 nitrogen and oxygen atoms in total. The van der Waals surface area contributed by atoms with Crippen LogP contribution < -0.4 is 5.46 Å². The van der Waals surface area contributed by atoms with Crippen LogP contribution in [0, 0.1) is 24.1 Å². The normalized spacial score (nSPS) is 13.5. The Morgan fingerprint density at radius 2 is 2.16 bits per heavy atom. The summed E-state index contributed by atoms with van der Waals surface area (Å²) in [5.74, 6) is 0.127. The molecule has 2 heterocycles. The van der Waals surface area contributed by atoms with Gasteiger partial charge in [0, 0.05) is 11.1 Å². The largest absolute Gasteiger partial charge is 0.491 e. The lowest BCUT2D eigenvalue weighted by atomic mass is 9.78. The van der Waals surface area contributed by atoms with E-state index >= 15 is 0 Å². The SMILES string of the molecule is Cc1cc(-c2cc3c(cc2F)COB3O)c(C#N)o1. The number of benzene rings is 1. The molecule has 19 heavy (non-hydrogen) atoms. The first-order chi connectivity index (χ1) is 9.10. The van der Waals surface area contributed by atoms with Crippen molar-refractivity contribution < 1.29 is 18.5 Å². The van der Waals surface area contributed by atoms with Crippen molar-refractivity contribution in [1.82, 2.24) is 0 Å². The number of hydrogen-bond acceptors (Lipinski definition) is 4. The molecule has 0 amide bonds. The van der Waals surface area contributed by atoms with Gasteiger partial charge in [0.1, 0.15) is 17.6 Å². The van der Waals surface area contributed by atoms with E-state index in [1.165, 1.54) is 12.1 Å². The second kappa shape index (κ2) is 4.23. The number of fused-ring (bicyclic) bond motifs is 1. The molecule has 0 unspecified atom stereocenters. The van der Waals surface area contributed by atoms with Crippen LogP contribution in [0.4, 0.5) is 4.39 Å². The Balaban J connectivity index is 2.21. The van der Waals surface area contributed by atoms with E-state index in [1.807, 2.05) is 6.07 Å². The standard InChI is InChI=1S/C13H9BFNO3/c1-7-2-10(13(5-16)19-7)9-4-11-8(3-12(9)15)6-18-14(11)17/h2-4,17H,6H2,1H3. The van der Waals surface area contributed by atoms with Crippen LogP contribution in [0.15, 0.2) is 22.6 Å². The first-order valence-electron chi connectivity index (χ1n) is 5.73. The number of furan rings is 1. The van der Waals surface area contributed by atoms with Gasteiger partial charge in [-0.3, -0.25) is 0 Å². The maximum Gasteiger partial charge on any atom is 0.491 e. The zero-order valence-electron chi connectivity index (χ0n) is 10.1. The van der Waals surface area contributed by atoms with Gasteiger partial charge in [-0.1, -0.05) is 6.07 Å². The third-order valence-electron chi connectivity index (χ3n) is 3.14. The average molecular weight is 257 g/mol. The predicted octanol–water partition coefficient (Wildman–Crippen LogP) is 1.48. The molecular formula is C13H9BFNO3. The third-order valence-corrected chi connectivity index (χ3v) is 3.14. The Labute approximate surface area is 109 Å². The molecule has 2 aromatic rings. The summed E-state index contributed by atoms with van der Waals surface area (Å²) in [5, 5.41) is 18.6. The highest BCUT2D eigenvalue weighted by molar-refractivity contribution is 6.61. The van der Waals surface area contributed by atoms with E-state index in [9.17, 15) is 9.41 Å². The summed E-state index contributed by atoms with van der Waals surface area (Å²) < 4.78 is 24.3. The number of halogens is 1. The lowest BCUT2D eigenvalue weighted by molar-refractivity contribution is 0.275. The Morgan fingerprint density at radius 1 is 1.37 bits per heavy atom. The minimum Gasteiger partial charge on any atom is -0.450 e. The van der Waals surface area contributed by atoms with Crippen LogP contribution in [0.3, 0.4) is 0 Å². The molecule has 0 atom stereocenters. The second-order valence-corrected chi connectivity index (χ2v) is 4.41. The molecule has 0 aliphatic carbocycles. The third kappa shape index (κ3) is 1.84. The van der Waals surface area contributed by atoms with Crippen LogP contribution in [0.5, 0.6) is 0 Å². The highest BCUT2D eigenvalue weighted by atomic mass is 19.1. The van der Waals surface area contributed by atoms with Crippen LogP contribution in [0.1, 0.15) is 17.1 Å². The van der Waals surface area contributed by atoms with Gasteiger partial charge in [-0.15, -0.1) is 0 Å². The molecule has 1 aromatic carbocycles. The van der Waals surface area contributed by atoms with Crippen molar-refractivity contribution >= 4 is 12.6 Å². The average Bonchev–Trinajstić information content (AvgIpc) is 2.92. The summed E-state index contributed by atoms with van der Waals surface area (Å²) in [6.45, 7) is 1.87. The van der Waals surface area contributed by atoms with E-state index in [1.54, 1.807) is 13.0 Å². The molecule has 0 saturated heterocycles. The van der Waals surface area contributed by atoms with Crippen molar-refractivity contribution in [1.29, 1.82) is 5.26 Å². The smallest absolute Gasteiger partial charge is 0.450 e. The fourth-order valence-electron chi connectivity index (χ4n) is 2.25. The number of nitrogens with zero attached hydrogens (tertiary/aromatic N) is 1. The molecule has 0 saturated carbocycles. The molecule has 0 radical (unpaired) electrons. The summed E-state index contributed by atoms with van der Waals surface area (Å²) in [6, 6.07) is 6.33. The van der Waals surface area contributed by atoms with Crippen LogP contribution >= 0.6 is 0 Å². The Kier molecular flexibility index (Phi) is 2.66. The lowest BCUT2D eigenvalue weighted by Gasteiger charge is -2.05. The van der Waals surface area contributed by atoms with E-state index in [4.69, 9.17) is 14.3 Å². The van der Waals surface area contributed by atoms with Crippen molar-refractivity contribution in [3.05, 3.63) is 41.1 Å². The predicted molar refractivity (Wildman–Crippen MR) is 65.9 cm³/mol. The highest BCUT2D eigenvalue weighted by Gasteiger charge is 2.29. The van der Waals surface area contributed by atoms with Crippen molar-refractivity contribution in [3.8, 4) is 17.2 Å². The zero-order chi connectivity index (χ0) is 13.6. The molecule has 6 heteroatoms. The van der Waals surface area contributed by atoms with Crippen LogP contribution in [0.2, 0.25) is 0 Å². The zero-order valence-corrected chi connectivity index (χ0v) is 10.1. The molecule has 94 valence electrons. The monoisotopic (exact) mass is 257 g/mol. The quantitative estimate of drug-likeness (QED) is 0.786. The maximum absolute atomic E-state index is 14.1. The molecule has 1 N–H and O–H groups in total. The molecule has 3 rings (SSSR count). The summed E-state index contributed by atoms with van der Waals surface area (Å²) in [5.41, 5.74) is 1.77. The molecule has 1 aromatic heterocycles. The fraction of sp³-hybridized carbons (Fsp3) is 0.154. The van der Waals surface area contributed by atoms with Gasteiger partial charge in [-0.25, -0.2) is 4.39 Å². The molecule has 0 bridgehead atoms. The van der Waals surface area contributed by atoms with Gasteiger partial charge < -0.3 is 14.1 Å².